The molecular weight excluding hydrogens is 172 g/mol. The fraction of sp³-hybridized carbons (Fsp3) is 1.00. The predicted molar refractivity (Wildman–Crippen MR) is 61.2 cm³/mol. The van der Waals surface area contributed by atoms with Gasteiger partial charge in [0.15, 0.2) is 0 Å². The number of aliphatic hydroxyl groups excluding tert-OH is 1. The van der Waals surface area contributed by atoms with Gasteiger partial charge in [0.25, 0.3) is 0 Å². The quantitative estimate of drug-likeness (QED) is 0.718. The van der Waals surface area contributed by atoms with Crippen LogP contribution in [0, 0.1) is 17.3 Å². The standard InChI is InChI=1S/C13H26O/c1-5-10-8-6-7-9-11(10)12(14)13(2,3)4/h10-12,14H,5-9H2,1-4H3. The van der Waals surface area contributed by atoms with E-state index in [9.17, 15) is 5.11 Å². The highest BCUT2D eigenvalue weighted by atomic mass is 16.3. The monoisotopic (exact) mass is 198 g/mol. The minimum atomic E-state index is -0.118. The van der Waals surface area contributed by atoms with Crippen LogP contribution in [-0.2, 0) is 0 Å². The molecule has 1 N–H and O–H groups in total. The summed E-state index contributed by atoms with van der Waals surface area (Å²) in [6.45, 7) is 8.72. The molecule has 1 heteroatoms. The summed E-state index contributed by atoms with van der Waals surface area (Å²) in [6.07, 6.45) is 6.36. The number of hydrogen-bond acceptors (Lipinski definition) is 1. The maximum atomic E-state index is 10.3. The van der Waals surface area contributed by atoms with Gasteiger partial charge in [-0.25, -0.2) is 0 Å². The zero-order chi connectivity index (χ0) is 10.8. The Bertz CT molecular complexity index is 169. The molecule has 0 aromatic heterocycles. The lowest BCUT2D eigenvalue weighted by Crippen LogP contribution is -2.39. The van der Waals surface area contributed by atoms with Crippen LogP contribution in [0.2, 0.25) is 0 Å². The van der Waals surface area contributed by atoms with E-state index >= 15 is 0 Å². The van der Waals surface area contributed by atoms with Crippen molar-refractivity contribution in [2.24, 2.45) is 17.3 Å². The van der Waals surface area contributed by atoms with Crippen LogP contribution < -0.4 is 0 Å². The van der Waals surface area contributed by atoms with E-state index in [1.165, 1.54) is 32.1 Å². The Morgan fingerprint density at radius 1 is 1.21 bits per heavy atom. The average molecular weight is 198 g/mol. The van der Waals surface area contributed by atoms with Crippen molar-refractivity contribution in [2.45, 2.75) is 65.9 Å². The van der Waals surface area contributed by atoms with Crippen molar-refractivity contribution in [3.8, 4) is 0 Å². The summed E-state index contributed by atoms with van der Waals surface area (Å²) in [4.78, 5) is 0. The molecule has 3 atom stereocenters. The average Bonchev–Trinajstić information content (AvgIpc) is 2.15. The maximum absolute atomic E-state index is 10.3. The molecule has 0 heterocycles. The van der Waals surface area contributed by atoms with Gasteiger partial charge in [0.2, 0.25) is 0 Å². The van der Waals surface area contributed by atoms with Gasteiger partial charge in [-0.05, 0) is 23.7 Å². The minimum absolute atomic E-state index is 0.0510. The van der Waals surface area contributed by atoms with Gasteiger partial charge < -0.3 is 5.11 Å². The first-order valence-corrected chi connectivity index (χ1v) is 6.15. The number of aliphatic hydroxyl groups is 1. The number of rotatable bonds is 2. The largest absolute Gasteiger partial charge is 0.392 e. The summed E-state index contributed by atoms with van der Waals surface area (Å²) in [7, 11) is 0. The second-order valence-electron chi connectivity index (χ2n) is 5.93. The second-order valence-corrected chi connectivity index (χ2v) is 5.93. The van der Waals surface area contributed by atoms with Crippen molar-refractivity contribution in [2.75, 3.05) is 0 Å². The van der Waals surface area contributed by atoms with Crippen molar-refractivity contribution in [1.82, 2.24) is 0 Å². The van der Waals surface area contributed by atoms with Gasteiger partial charge in [-0.15, -0.1) is 0 Å². The summed E-state index contributed by atoms with van der Waals surface area (Å²) in [5, 5.41) is 10.3. The van der Waals surface area contributed by atoms with Crippen LogP contribution in [0.25, 0.3) is 0 Å². The minimum Gasteiger partial charge on any atom is -0.392 e. The molecule has 0 aliphatic heterocycles. The molecule has 1 aliphatic carbocycles. The van der Waals surface area contributed by atoms with E-state index in [1.807, 2.05) is 0 Å². The SMILES string of the molecule is CCC1CCCCC1C(O)C(C)(C)C. The molecule has 0 spiro atoms. The molecule has 0 radical (unpaired) electrons. The predicted octanol–water partition coefficient (Wildman–Crippen LogP) is 3.61. The van der Waals surface area contributed by atoms with Gasteiger partial charge in [0.1, 0.15) is 0 Å². The summed E-state index contributed by atoms with van der Waals surface area (Å²) >= 11 is 0. The summed E-state index contributed by atoms with van der Waals surface area (Å²) in [6, 6.07) is 0. The molecule has 84 valence electrons. The third-order valence-electron chi connectivity index (χ3n) is 3.79. The van der Waals surface area contributed by atoms with Crippen LogP contribution in [0.15, 0.2) is 0 Å². The molecule has 0 aromatic carbocycles. The Balaban J connectivity index is 2.63. The summed E-state index contributed by atoms with van der Waals surface area (Å²) < 4.78 is 0. The number of hydrogen-bond donors (Lipinski definition) is 1. The van der Waals surface area contributed by atoms with Crippen LogP contribution in [0.3, 0.4) is 0 Å². The van der Waals surface area contributed by atoms with Gasteiger partial charge in [-0.2, -0.15) is 0 Å². The lowest BCUT2D eigenvalue weighted by atomic mass is 9.69. The summed E-state index contributed by atoms with van der Waals surface area (Å²) in [5.41, 5.74) is 0.0510. The van der Waals surface area contributed by atoms with E-state index < -0.39 is 0 Å². The first-order valence-electron chi connectivity index (χ1n) is 6.15. The van der Waals surface area contributed by atoms with E-state index in [0.29, 0.717) is 5.92 Å². The maximum Gasteiger partial charge on any atom is 0.0619 e. The molecule has 1 saturated carbocycles. The van der Waals surface area contributed by atoms with E-state index in [0.717, 1.165) is 5.92 Å². The van der Waals surface area contributed by atoms with Crippen molar-refractivity contribution >= 4 is 0 Å². The summed E-state index contributed by atoms with van der Waals surface area (Å²) in [5.74, 6) is 1.31. The lowest BCUT2D eigenvalue weighted by Gasteiger charge is -2.40. The Labute approximate surface area is 88.9 Å². The fourth-order valence-corrected chi connectivity index (χ4v) is 2.80. The van der Waals surface area contributed by atoms with Gasteiger partial charge in [0, 0.05) is 0 Å². The fourth-order valence-electron chi connectivity index (χ4n) is 2.80. The molecule has 1 fully saturated rings. The van der Waals surface area contributed by atoms with Crippen LogP contribution >= 0.6 is 0 Å². The van der Waals surface area contributed by atoms with E-state index in [2.05, 4.69) is 27.7 Å². The topological polar surface area (TPSA) is 20.2 Å². The first-order chi connectivity index (χ1) is 6.46. The smallest absolute Gasteiger partial charge is 0.0619 e. The van der Waals surface area contributed by atoms with E-state index in [4.69, 9.17) is 0 Å². The first kappa shape index (κ1) is 12.0. The third-order valence-corrected chi connectivity index (χ3v) is 3.79. The molecule has 14 heavy (non-hydrogen) atoms. The van der Waals surface area contributed by atoms with Gasteiger partial charge in [0.05, 0.1) is 6.10 Å². The van der Waals surface area contributed by atoms with E-state index in [-0.39, 0.29) is 11.5 Å². The van der Waals surface area contributed by atoms with Crippen molar-refractivity contribution in [3.05, 3.63) is 0 Å². The molecular formula is C13H26O. The van der Waals surface area contributed by atoms with Crippen LogP contribution in [0.1, 0.15) is 59.8 Å². The third kappa shape index (κ3) is 2.73. The highest BCUT2D eigenvalue weighted by molar-refractivity contribution is 4.86. The normalized spacial score (nSPS) is 31.5. The van der Waals surface area contributed by atoms with Crippen molar-refractivity contribution in [3.63, 3.8) is 0 Å². The highest BCUT2D eigenvalue weighted by Crippen LogP contribution is 2.39. The molecule has 0 bridgehead atoms. The van der Waals surface area contributed by atoms with Crippen LogP contribution in [0.4, 0.5) is 0 Å². The second kappa shape index (κ2) is 4.65. The molecule has 0 aromatic rings. The van der Waals surface area contributed by atoms with Gasteiger partial charge in [-0.1, -0.05) is 53.4 Å². The van der Waals surface area contributed by atoms with Gasteiger partial charge in [-0.3, -0.25) is 0 Å². The Morgan fingerprint density at radius 2 is 1.79 bits per heavy atom. The Hall–Kier alpha value is -0.0400. The molecule has 1 rings (SSSR count). The Kier molecular flexibility index (Phi) is 4.00. The Morgan fingerprint density at radius 3 is 2.29 bits per heavy atom. The molecule has 1 aliphatic rings. The zero-order valence-corrected chi connectivity index (χ0v) is 10.2. The zero-order valence-electron chi connectivity index (χ0n) is 10.2. The van der Waals surface area contributed by atoms with Crippen molar-refractivity contribution < 1.29 is 5.11 Å². The van der Waals surface area contributed by atoms with Crippen LogP contribution in [-0.4, -0.2) is 11.2 Å². The molecule has 1 nitrogen and oxygen atoms in total. The highest BCUT2D eigenvalue weighted by Gasteiger charge is 2.35. The molecule has 3 unspecified atom stereocenters. The molecule has 0 saturated heterocycles. The van der Waals surface area contributed by atoms with Crippen LogP contribution in [0.5, 0.6) is 0 Å². The lowest BCUT2D eigenvalue weighted by molar-refractivity contribution is -0.0270. The van der Waals surface area contributed by atoms with Crippen molar-refractivity contribution in [1.29, 1.82) is 0 Å². The molecule has 0 amide bonds. The van der Waals surface area contributed by atoms with E-state index in [1.54, 1.807) is 0 Å². The van der Waals surface area contributed by atoms with Gasteiger partial charge >= 0.3 is 0 Å².